The summed E-state index contributed by atoms with van der Waals surface area (Å²) < 4.78 is 31.8. The van der Waals surface area contributed by atoms with Crippen LogP contribution >= 0.6 is 0 Å². The number of rotatable bonds is 4. The SMILES string of the molecule is CCOCC.O=C(O)CS(=O)(=O)O.[NaH]. The number of hydrogen-bond donors (Lipinski definition) is 2. The Morgan fingerprint density at radius 1 is 1.29 bits per heavy atom. The second kappa shape index (κ2) is 11.4. The van der Waals surface area contributed by atoms with Crippen molar-refractivity contribution in [2.75, 3.05) is 19.0 Å². The molecule has 0 unspecified atom stereocenters. The van der Waals surface area contributed by atoms with Crippen LogP contribution < -0.4 is 0 Å². The average molecular weight is 238 g/mol. The Hall–Kier alpha value is 0.340. The molecule has 0 fully saturated rings. The molecule has 0 aromatic carbocycles. The summed E-state index contributed by atoms with van der Waals surface area (Å²) >= 11 is 0. The van der Waals surface area contributed by atoms with Gasteiger partial charge in [-0.05, 0) is 13.8 Å². The van der Waals surface area contributed by atoms with Crippen molar-refractivity contribution >= 4 is 45.6 Å². The molecule has 0 aromatic rings. The van der Waals surface area contributed by atoms with Crippen molar-refractivity contribution < 1.29 is 27.6 Å². The number of aliphatic carboxylic acids is 1. The first-order valence-corrected chi connectivity index (χ1v) is 5.19. The zero-order valence-corrected chi connectivity index (χ0v) is 8.37. The molecule has 0 aliphatic heterocycles. The van der Waals surface area contributed by atoms with Gasteiger partial charge in [-0.2, -0.15) is 8.42 Å². The maximum absolute atomic E-state index is 9.62. The molecule has 0 saturated carbocycles. The summed E-state index contributed by atoms with van der Waals surface area (Å²) in [6.45, 7) is 5.67. The van der Waals surface area contributed by atoms with Gasteiger partial charge in [-0.15, -0.1) is 0 Å². The van der Waals surface area contributed by atoms with Gasteiger partial charge in [0, 0.05) is 13.2 Å². The normalized spacial score (nSPS) is 9.36. The molecule has 6 nitrogen and oxygen atoms in total. The van der Waals surface area contributed by atoms with Crippen LogP contribution in [0.2, 0.25) is 0 Å². The summed E-state index contributed by atoms with van der Waals surface area (Å²) in [6.07, 6.45) is 0. The van der Waals surface area contributed by atoms with Gasteiger partial charge in [0.15, 0.2) is 5.75 Å². The van der Waals surface area contributed by atoms with Crippen LogP contribution in [0.4, 0.5) is 0 Å². The van der Waals surface area contributed by atoms with E-state index < -0.39 is 21.8 Å². The number of carboxylic acid groups (broad SMARTS) is 1. The van der Waals surface area contributed by atoms with Crippen LogP contribution in [0.15, 0.2) is 0 Å². The van der Waals surface area contributed by atoms with E-state index in [1.165, 1.54) is 0 Å². The first kappa shape index (κ1) is 19.8. The van der Waals surface area contributed by atoms with Gasteiger partial charge in [0.25, 0.3) is 10.1 Å². The van der Waals surface area contributed by atoms with E-state index in [1.807, 2.05) is 13.8 Å². The molecule has 82 valence electrons. The summed E-state index contributed by atoms with van der Waals surface area (Å²) in [5, 5.41) is 7.71. The molecule has 2 N–H and O–H groups in total. The van der Waals surface area contributed by atoms with Crippen molar-refractivity contribution in [2.45, 2.75) is 13.8 Å². The Kier molecular flexibility index (Phi) is 16.2. The summed E-state index contributed by atoms with van der Waals surface area (Å²) in [6, 6.07) is 0. The molecule has 0 bridgehead atoms. The van der Waals surface area contributed by atoms with Crippen LogP contribution in [-0.2, 0) is 19.6 Å². The molecule has 0 rings (SSSR count). The van der Waals surface area contributed by atoms with Crippen LogP contribution in [0.25, 0.3) is 0 Å². The van der Waals surface area contributed by atoms with Crippen LogP contribution in [-0.4, -0.2) is 72.6 Å². The van der Waals surface area contributed by atoms with Crippen LogP contribution in [0.1, 0.15) is 13.8 Å². The molecular formula is C6H15NaO6S. The Balaban J connectivity index is -0.000000177. The fourth-order valence-corrected chi connectivity index (χ4v) is 0.672. The van der Waals surface area contributed by atoms with E-state index in [-0.39, 0.29) is 29.6 Å². The molecule has 8 heteroatoms. The monoisotopic (exact) mass is 238 g/mol. The van der Waals surface area contributed by atoms with Crippen molar-refractivity contribution in [1.29, 1.82) is 0 Å². The maximum atomic E-state index is 9.62. The summed E-state index contributed by atoms with van der Waals surface area (Å²) in [7, 11) is -4.32. The van der Waals surface area contributed by atoms with Gasteiger partial charge in [0.05, 0.1) is 0 Å². The van der Waals surface area contributed by atoms with E-state index in [1.54, 1.807) is 0 Å². The van der Waals surface area contributed by atoms with Crippen LogP contribution in [0, 0.1) is 0 Å². The molecule has 0 saturated heterocycles. The minimum absolute atomic E-state index is 0. The zero-order valence-electron chi connectivity index (χ0n) is 7.56. The van der Waals surface area contributed by atoms with Crippen LogP contribution in [0.5, 0.6) is 0 Å². The fourth-order valence-electron chi connectivity index (χ4n) is 0.360. The van der Waals surface area contributed by atoms with Gasteiger partial charge < -0.3 is 9.84 Å². The Morgan fingerprint density at radius 2 is 1.64 bits per heavy atom. The van der Waals surface area contributed by atoms with E-state index in [9.17, 15) is 13.2 Å². The minimum atomic E-state index is -4.32. The summed E-state index contributed by atoms with van der Waals surface area (Å²) in [5.74, 6) is -2.79. The van der Waals surface area contributed by atoms with Gasteiger partial charge in [0.2, 0.25) is 0 Å². The van der Waals surface area contributed by atoms with Crippen molar-refractivity contribution in [2.24, 2.45) is 0 Å². The van der Waals surface area contributed by atoms with Crippen molar-refractivity contribution in [3.63, 3.8) is 0 Å². The van der Waals surface area contributed by atoms with E-state index in [2.05, 4.69) is 0 Å². The van der Waals surface area contributed by atoms with E-state index >= 15 is 0 Å². The molecular weight excluding hydrogens is 223 g/mol. The second-order valence-corrected chi connectivity index (χ2v) is 3.35. The topological polar surface area (TPSA) is 101 Å². The Labute approximate surface area is 106 Å². The molecule has 14 heavy (non-hydrogen) atoms. The summed E-state index contributed by atoms with van der Waals surface area (Å²) in [4.78, 5) is 9.48. The number of ether oxygens (including phenoxy) is 1. The van der Waals surface area contributed by atoms with Crippen molar-refractivity contribution in [3.05, 3.63) is 0 Å². The van der Waals surface area contributed by atoms with Crippen molar-refractivity contribution in [3.8, 4) is 0 Å². The number of hydrogen-bond acceptors (Lipinski definition) is 4. The quantitative estimate of drug-likeness (QED) is 0.498. The van der Waals surface area contributed by atoms with Crippen molar-refractivity contribution in [1.82, 2.24) is 0 Å². The zero-order chi connectivity index (χ0) is 10.9. The molecule has 0 aromatic heterocycles. The molecule has 0 spiro atoms. The molecule has 0 heterocycles. The van der Waals surface area contributed by atoms with E-state index in [4.69, 9.17) is 14.4 Å². The average Bonchev–Trinajstić information content (AvgIpc) is 1.84. The fraction of sp³-hybridized carbons (Fsp3) is 0.833. The standard InChI is InChI=1S/C4H10O.C2H4O5S.Na.H/c1-3-5-4-2;3-2(4)1-8(5,6)7;;/h3-4H2,1-2H3;1H2,(H,3,4)(H,5,6,7);;. The van der Waals surface area contributed by atoms with E-state index in [0.29, 0.717) is 0 Å². The number of carbonyl (C=O) groups is 1. The van der Waals surface area contributed by atoms with Gasteiger partial charge in [-0.3, -0.25) is 9.35 Å². The molecule has 0 amide bonds. The van der Waals surface area contributed by atoms with E-state index in [0.717, 1.165) is 13.2 Å². The number of carboxylic acids is 1. The second-order valence-electron chi connectivity index (χ2n) is 1.90. The molecule has 0 aliphatic rings. The third-order valence-corrected chi connectivity index (χ3v) is 1.33. The first-order valence-electron chi connectivity index (χ1n) is 3.58. The molecule has 0 radical (unpaired) electrons. The van der Waals surface area contributed by atoms with Gasteiger partial charge in [-0.1, -0.05) is 0 Å². The third-order valence-electron chi connectivity index (χ3n) is 0.714. The Morgan fingerprint density at radius 3 is 1.64 bits per heavy atom. The van der Waals surface area contributed by atoms with Gasteiger partial charge >= 0.3 is 35.5 Å². The first-order chi connectivity index (χ1) is 5.83. The Bertz CT molecular complexity index is 222. The van der Waals surface area contributed by atoms with Gasteiger partial charge in [0.1, 0.15) is 0 Å². The summed E-state index contributed by atoms with van der Waals surface area (Å²) in [5.41, 5.74) is 0. The molecule has 0 atom stereocenters. The van der Waals surface area contributed by atoms with Crippen LogP contribution in [0.3, 0.4) is 0 Å². The third kappa shape index (κ3) is 29.5. The predicted molar refractivity (Wildman–Crippen MR) is 53.4 cm³/mol. The molecule has 0 aliphatic carbocycles. The predicted octanol–water partition coefficient (Wildman–Crippen LogP) is -0.647. The van der Waals surface area contributed by atoms with Gasteiger partial charge in [-0.25, -0.2) is 0 Å².